The van der Waals surface area contributed by atoms with E-state index in [1.165, 1.54) is 5.56 Å². The highest BCUT2D eigenvalue weighted by Crippen LogP contribution is 2.21. The molecule has 0 radical (unpaired) electrons. The number of nitrogens with zero attached hydrogens (tertiary/aromatic N) is 1. The van der Waals surface area contributed by atoms with Crippen molar-refractivity contribution in [2.24, 2.45) is 0 Å². The first-order chi connectivity index (χ1) is 8.74. The van der Waals surface area contributed by atoms with Crippen LogP contribution in [0.25, 0.3) is 11.3 Å². The summed E-state index contributed by atoms with van der Waals surface area (Å²) in [5, 5.41) is 3.14. The van der Waals surface area contributed by atoms with Crippen LogP contribution in [0, 0.1) is 6.92 Å². The largest absolute Gasteiger partial charge is 0.497 e. The van der Waals surface area contributed by atoms with Crippen LogP contribution in [0.5, 0.6) is 5.75 Å². The Labute approximate surface area is 108 Å². The Morgan fingerprint density at radius 3 is 2.39 bits per heavy atom. The van der Waals surface area contributed by atoms with E-state index in [-0.39, 0.29) is 0 Å². The van der Waals surface area contributed by atoms with E-state index in [0.717, 1.165) is 29.2 Å². The molecule has 3 heteroatoms. The first-order valence-electron chi connectivity index (χ1n) is 6.00. The molecule has 1 heterocycles. The van der Waals surface area contributed by atoms with Gasteiger partial charge in [-0.1, -0.05) is 6.07 Å². The second-order valence-electron chi connectivity index (χ2n) is 4.20. The Balaban J connectivity index is 2.30. The maximum atomic E-state index is 5.15. The molecule has 0 aliphatic heterocycles. The highest BCUT2D eigenvalue weighted by atomic mass is 16.5. The molecular weight excluding hydrogens is 224 g/mol. The van der Waals surface area contributed by atoms with E-state index >= 15 is 0 Å². The minimum Gasteiger partial charge on any atom is -0.497 e. The van der Waals surface area contributed by atoms with Gasteiger partial charge in [0.05, 0.1) is 12.8 Å². The normalized spacial score (nSPS) is 10.4. The molecule has 1 aromatic heterocycles. The molecular formula is C15H18N2O. The van der Waals surface area contributed by atoms with Gasteiger partial charge in [-0.15, -0.1) is 0 Å². The second-order valence-corrected chi connectivity index (χ2v) is 4.20. The van der Waals surface area contributed by atoms with Crippen LogP contribution in [0.4, 0.5) is 0 Å². The molecule has 0 spiro atoms. The van der Waals surface area contributed by atoms with E-state index < -0.39 is 0 Å². The summed E-state index contributed by atoms with van der Waals surface area (Å²) in [6.07, 6.45) is 0. The fourth-order valence-electron chi connectivity index (χ4n) is 1.89. The Hall–Kier alpha value is -1.87. The molecule has 1 N–H and O–H groups in total. The van der Waals surface area contributed by atoms with Crippen LogP contribution in [-0.2, 0) is 6.54 Å². The van der Waals surface area contributed by atoms with E-state index in [1.807, 2.05) is 38.2 Å². The van der Waals surface area contributed by atoms with Gasteiger partial charge in [-0.05, 0) is 49.9 Å². The predicted molar refractivity (Wildman–Crippen MR) is 73.7 cm³/mol. The van der Waals surface area contributed by atoms with Crippen molar-refractivity contribution in [1.82, 2.24) is 10.3 Å². The van der Waals surface area contributed by atoms with E-state index in [0.29, 0.717) is 0 Å². The van der Waals surface area contributed by atoms with Crippen LogP contribution in [0.2, 0.25) is 0 Å². The third kappa shape index (κ3) is 2.68. The Bertz CT molecular complexity index is 521. The first kappa shape index (κ1) is 12.6. The molecule has 0 amide bonds. The maximum Gasteiger partial charge on any atom is 0.118 e. The van der Waals surface area contributed by atoms with Crippen molar-refractivity contribution in [3.63, 3.8) is 0 Å². The number of hydrogen-bond acceptors (Lipinski definition) is 3. The van der Waals surface area contributed by atoms with Gasteiger partial charge in [0.1, 0.15) is 5.75 Å². The zero-order valence-electron chi connectivity index (χ0n) is 11.0. The van der Waals surface area contributed by atoms with Gasteiger partial charge in [-0.2, -0.15) is 0 Å². The molecule has 0 saturated heterocycles. The molecule has 18 heavy (non-hydrogen) atoms. The van der Waals surface area contributed by atoms with Crippen molar-refractivity contribution < 1.29 is 4.74 Å². The number of ether oxygens (including phenoxy) is 1. The van der Waals surface area contributed by atoms with Crippen molar-refractivity contribution in [3.05, 3.63) is 47.7 Å². The Morgan fingerprint density at radius 1 is 1.11 bits per heavy atom. The molecule has 1 aromatic carbocycles. The average molecular weight is 242 g/mol. The summed E-state index contributed by atoms with van der Waals surface area (Å²) in [6, 6.07) is 12.1. The number of hydrogen-bond donors (Lipinski definition) is 1. The topological polar surface area (TPSA) is 34.1 Å². The third-order valence-electron chi connectivity index (χ3n) is 2.95. The zero-order valence-corrected chi connectivity index (χ0v) is 11.0. The molecule has 0 atom stereocenters. The number of nitrogens with one attached hydrogen (secondary N) is 1. The second kappa shape index (κ2) is 5.65. The molecule has 0 aliphatic carbocycles. The van der Waals surface area contributed by atoms with Gasteiger partial charge >= 0.3 is 0 Å². The van der Waals surface area contributed by atoms with Gasteiger partial charge in [0.15, 0.2) is 0 Å². The highest BCUT2D eigenvalue weighted by Gasteiger charge is 2.03. The van der Waals surface area contributed by atoms with Crippen molar-refractivity contribution in [2.75, 3.05) is 14.2 Å². The van der Waals surface area contributed by atoms with Crippen LogP contribution in [-0.4, -0.2) is 19.1 Å². The quantitative estimate of drug-likeness (QED) is 0.895. The molecule has 94 valence electrons. The summed E-state index contributed by atoms with van der Waals surface area (Å²) in [4.78, 5) is 4.64. The Kier molecular flexibility index (Phi) is 3.95. The minimum atomic E-state index is 0.849. The molecule has 2 rings (SSSR count). The number of rotatable bonds is 4. The third-order valence-corrected chi connectivity index (χ3v) is 2.95. The zero-order chi connectivity index (χ0) is 13.0. The Morgan fingerprint density at radius 2 is 1.83 bits per heavy atom. The van der Waals surface area contributed by atoms with Gasteiger partial charge < -0.3 is 10.1 Å². The number of aryl methyl sites for hydroxylation is 1. The van der Waals surface area contributed by atoms with Crippen molar-refractivity contribution in [3.8, 4) is 17.0 Å². The van der Waals surface area contributed by atoms with Crippen LogP contribution in [0.15, 0.2) is 36.4 Å². The van der Waals surface area contributed by atoms with Crippen LogP contribution >= 0.6 is 0 Å². The molecule has 0 bridgehead atoms. The van der Waals surface area contributed by atoms with Crippen molar-refractivity contribution >= 4 is 0 Å². The van der Waals surface area contributed by atoms with E-state index in [2.05, 4.69) is 22.4 Å². The summed E-state index contributed by atoms with van der Waals surface area (Å²) >= 11 is 0. The molecule has 3 nitrogen and oxygen atoms in total. The highest BCUT2D eigenvalue weighted by molar-refractivity contribution is 5.60. The van der Waals surface area contributed by atoms with Crippen LogP contribution < -0.4 is 10.1 Å². The number of aromatic nitrogens is 1. The monoisotopic (exact) mass is 242 g/mol. The fourth-order valence-corrected chi connectivity index (χ4v) is 1.89. The van der Waals surface area contributed by atoms with Gasteiger partial charge in [0, 0.05) is 17.8 Å². The van der Waals surface area contributed by atoms with Crippen LogP contribution in [0.3, 0.4) is 0 Å². The summed E-state index contributed by atoms with van der Waals surface area (Å²) in [5.74, 6) is 0.863. The lowest BCUT2D eigenvalue weighted by atomic mass is 10.1. The van der Waals surface area contributed by atoms with E-state index in [4.69, 9.17) is 4.74 Å². The molecule has 0 saturated carbocycles. The van der Waals surface area contributed by atoms with E-state index in [9.17, 15) is 0 Å². The van der Waals surface area contributed by atoms with Gasteiger partial charge in [-0.3, -0.25) is 4.98 Å². The minimum absolute atomic E-state index is 0.849. The average Bonchev–Trinajstić information content (AvgIpc) is 2.41. The molecule has 2 aromatic rings. The van der Waals surface area contributed by atoms with E-state index in [1.54, 1.807) is 7.11 Å². The lowest BCUT2D eigenvalue weighted by Crippen LogP contribution is -2.07. The summed E-state index contributed by atoms with van der Waals surface area (Å²) in [6.45, 7) is 2.89. The summed E-state index contributed by atoms with van der Waals surface area (Å²) in [7, 11) is 3.61. The van der Waals surface area contributed by atoms with Crippen molar-refractivity contribution in [1.29, 1.82) is 0 Å². The van der Waals surface area contributed by atoms with Crippen molar-refractivity contribution in [2.45, 2.75) is 13.5 Å². The SMILES string of the molecule is CNCc1ccc(-c2ccc(OC)cc2)nc1C. The first-order valence-corrected chi connectivity index (χ1v) is 6.00. The number of pyridine rings is 1. The fraction of sp³-hybridized carbons (Fsp3) is 0.267. The van der Waals surface area contributed by atoms with Gasteiger partial charge in [-0.25, -0.2) is 0 Å². The number of methoxy groups -OCH3 is 1. The molecule has 0 unspecified atom stereocenters. The summed E-state index contributed by atoms with van der Waals surface area (Å²) in [5.41, 5.74) is 4.40. The number of benzene rings is 1. The molecule has 0 aliphatic rings. The standard InChI is InChI=1S/C15H18N2O/c1-11-13(10-16-2)6-9-15(17-11)12-4-7-14(18-3)8-5-12/h4-9,16H,10H2,1-3H3. The smallest absolute Gasteiger partial charge is 0.118 e. The molecule has 0 fully saturated rings. The lowest BCUT2D eigenvalue weighted by molar-refractivity contribution is 0.415. The van der Waals surface area contributed by atoms with Gasteiger partial charge in [0.25, 0.3) is 0 Å². The predicted octanol–water partition coefficient (Wildman–Crippen LogP) is 2.79. The lowest BCUT2D eigenvalue weighted by Gasteiger charge is -2.08. The van der Waals surface area contributed by atoms with Gasteiger partial charge in [0.2, 0.25) is 0 Å². The maximum absolute atomic E-state index is 5.15. The van der Waals surface area contributed by atoms with Crippen LogP contribution in [0.1, 0.15) is 11.3 Å². The summed E-state index contributed by atoms with van der Waals surface area (Å²) < 4.78 is 5.15.